The lowest BCUT2D eigenvalue weighted by molar-refractivity contribution is -0.122. The van der Waals surface area contributed by atoms with Gasteiger partial charge in [0.2, 0.25) is 5.91 Å². The average molecular weight is 300 g/mol. The lowest BCUT2D eigenvalue weighted by Crippen LogP contribution is -2.38. The molecule has 0 spiro atoms. The van der Waals surface area contributed by atoms with Crippen molar-refractivity contribution in [1.82, 2.24) is 10.2 Å². The summed E-state index contributed by atoms with van der Waals surface area (Å²) in [4.78, 5) is 13.9. The van der Waals surface area contributed by atoms with Crippen molar-refractivity contribution in [2.24, 2.45) is 5.73 Å². The van der Waals surface area contributed by atoms with Crippen molar-refractivity contribution in [2.45, 2.75) is 39.9 Å². The molecule has 20 heavy (non-hydrogen) atoms. The van der Waals surface area contributed by atoms with E-state index < -0.39 is 6.04 Å². The molecule has 3 N–H and O–H groups in total. The van der Waals surface area contributed by atoms with Crippen molar-refractivity contribution in [3.05, 3.63) is 35.4 Å². The summed E-state index contributed by atoms with van der Waals surface area (Å²) < 4.78 is 0. The SMILES string of the molecule is CCN(CC)Cc1ccccc1CNC(=O)C(C)N.Cl. The highest BCUT2D eigenvalue weighted by Gasteiger charge is 2.09. The summed E-state index contributed by atoms with van der Waals surface area (Å²) in [6.07, 6.45) is 0. The number of nitrogens with one attached hydrogen (secondary N) is 1. The fraction of sp³-hybridized carbons (Fsp3) is 0.533. The number of carbonyl (C=O) groups excluding carboxylic acids is 1. The Bertz CT molecular complexity index is 406. The van der Waals surface area contributed by atoms with E-state index in [4.69, 9.17) is 5.73 Å². The van der Waals surface area contributed by atoms with Crippen LogP contribution in [0, 0.1) is 0 Å². The number of amides is 1. The van der Waals surface area contributed by atoms with Gasteiger partial charge in [-0.2, -0.15) is 0 Å². The quantitative estimate of drug-likeness (QED) is 0.808. The number of benzene rings is 1. The van der Waals surface area contributed by atoms with Crippen LogP contribution in [0.3, 0.4) is 0 Å². The van der Waals surface area contributed by atoms with Gasteiger partial charge in [-0.05, 0) is 31.1 Å². The number of rotatable bonds is 7. The summed E-state index contributed by atoms with van der Waals surface area (Å²) in [5.41, 5.74) is 7.96. The van der Waals surface area contributed by atoms with Crippen LogP contribution in [0.5, 0.6) is 0 Å². The smallest absolute Gasteiger partial charge is 0.236 e. The molecule has 1 unspecified atom stereocenters. The summed E-state index contributed by atoms with van der Waals surface area (Å²) in [6, 6.07) is 7.75. The number of halogens is 1. The van der Waals surface area contributed by atoms with Gasteiger partial charge in [0, 0.05) is 13.1 Å². The second-order valence-electron chi connectivity index (χ2n) is 4.74. The predicted molar refractivity (Wildman–Crippen MR) is 85.8 cm³/mol. The third-order valence-corrected chi connectivity index (χ3v) is 3.27. The molecule has 0 saturated heterocycles. The first kappa shape index (κ1) is 18.9. The zero-order valence-electron chi connectivity index (χ0n) is 12.6. The van der Waals surface area contributed by atoms with Crippen molar-refractivity contribution < 1.29 is 4.79 Å². The van der Waals surface area contributed by atoms with Crippen LogP contribution in [0.4, 0.5) is 0 Å². The molecule has 5 heteroatoms. The van der Waals surface area contributed by atoms with Crippen LogP contribution in [0.2, 0.25) is 0 Å². The molecule has 4 nitrogen and oxygen atoms in total. The summed E-state index contributed by atoms with van der Waals surface area (Å²) in [5, 5.41) is 2.87. The summed E-state index contributed by atoms with van der Waals surface area (Å²) in [5.74, 6) is -0.113. The second kappa shape index (κ2) is 9.75. The fourth-order valence-corrected chi connectivity index (χ4v) is 1.92. The highest BCUT2D eigenvalue weighted by Crippen LogP contribution is 2.11. The molecule has 1 aromatic carbocycles. The van der Waals surface area contributed by atoms with Crippen molar-refractivity contribution in [2.75, 3.05) is 13.1 Å². The van der Waals surface area contributed by atoms with E-state index in [0.717, 1.165) is 25.2 Å². The molecular weight excluding hydrogens is 274 g/mol. The third-order valence-electron chi connectivity index (χ3n) is 3.27. The van der Waals surface area contributed by atoms with E-state index in [1.807, 2.05) is 12.1 Å². The van der Waals surface area contributed by atoms with E-state index in [2.05, 4.69) is 36.2 Å². The van der Waals surface area contributed by atoms with Crippen LogP contribution in [-0.2, 0) is 17.9 Å². The molecule has 0 aromatic heterocycles. The fourth-order valence-electron chi connectivity index (χ4n) is 1.92. The second-order valence-corrected chi connectivity index (χ2v) is 4.74. The average Bonchev–Trinajstić information content (AvgIpc) is 2.42. The van der Waals surface area contributed by atoms with Crippen LogP contribution in [-0.4, -0.2) is 29.9 Å². The van der Waals surface area contributed by atoms with Gasteiger partial charge in [-0.25, -0.2) is 0 Å². The van der Waals surface area contributed by atoms with Crippen molar-refractivity contribution >= 4 is 18.3 Å². The zero-order chi connectivity index (χ0) is 14.3. The third kappa shape index (κ3) is 5.90. The number of hydrogen-bond donors (Lipinski definition) is 2. The van der Waals surface area contributed by atoms with Gasteiger partial charge in [-0.3, -0.25) is 9.69 Å². The lowest BCUT2D eigenvalue weighted by Gasteiger charge is -2.20. The van der Waals surface area contributed by atoms with E-state index in [9.17, 15) is 4.79 Å². The van der Waals surface area contributed by atoms with E-state index in [1.54, 1.807) is 6.92 Å². The molecule has 1 amide bonds. The maximum Gasteiger partial charge on any atom is 0.236 e. The van der Waals surface area contributed by atoms with Gasteiger partial charge in [-0.1, -0.05) is 38.1 Å². The van der Waals surface area contributed by atoms with Gasteiger partial charge >= 0.3 is 0 Å². The van der Waals surface area contributed by atoms with Gasteiger partial charge in [0.15, 0.2) is 0 Å². The Labute approximate surface area is 128 Å². The van der Waals surface area contributed by atoms with Gasteiger partial charge in [0.05, 0.1) is 6.04 Å². The Morgan fingerprint density at radius 2 is 1.80 bits per heavy atom. The van der Waals surface area contributed by atoms with E-state index >= 15 is 0 Å². The standard InChI is InChI=1S/C15H25N3O.ClH/c1-4-18(5-2)11-14-9-7-6-8-13(14)10-17-15(19)12(3)16;/h6-9,12H,4-5,10-11,16H2,1-3H3,(H,17,19);1H. The van der Waals surface area contributed by atoms with Crippen molar-refractivity contribution in [3.63, 3.8) is 0 Å². The molecule has 1 rings (SSSR count). The Hall–Kier alpha value is -1.10. The number of nitrogens with zero attached hydrogens (tertiary/aromatic N) is 1. The molecule has 0 fully saturated rings. The molecule has 114 valence electrons. The molecule has 0 radical (unpaired) electrons. The van der Waals surface area contributed by atoms with Crippen molar-refractivity contribution in [3.8, 4) is 0 Å². The molecule has 0 heterocycles. The maximum absolute atomic E-state index is 11.5. The number of hydrogen-bond acceptors (Lipinski definition) is 3. The number of carbonyl (C=O) groups is 1. The van der Waals surface area contributed by atoms with Crippen molar-refractivity contribution in [1.29, 1.82) is 0 Å². The summed E-state index contributed by atoms with van der Waals surface area (Å²) in [6.45, 7) is 9.51. The number of nitrogens with two attached hydrogens (primary N) is 1. The summed E-state index contributed by atoms with van der Waals surface area (Å²) >= 11 is 0. The van der Waals surface area contributed by atoms with Crippen LogP contribution in [0.25, 0.3) is 0 Å². The minimum atomic E-state index is -0.463. The Balaban J connectivity index is 0.00000361. The lowest BCUT2D eigenvalue weighted by atomic mass is 10.1. The first-order valence-electron chi connectivity index (χ1n) is 6.90. The molecule has 1 atom stereocenters. The van der Waals surface area contributed by atoms with E-state index in [-0.39, 0.29) is 18.3 Å². The predicted octanol–water partition coefficient (Wildman–Crippen LogP) is 1.91. The summed E-state index contributed by atoms with van der Waals surface area (Å²) in [7, 11) is 0. The van der Waals surface area contributed by atoms with Crippen LogP contribution in [0.15, 0.2) is 24.3 Å². The normalized spacial score (nSPS) is 11.8. The monoisotopic (exact) mass is 299 g/mol. The maximum atomic E-state index is 11.5. The van der Waals surface area contributed by atoms with Gasteiger partial charge < -0.3 is 11.1 Å². The minimum absolute atomic E-state index is 0. The molecular formula is C15H26ClN3O. The molecule has 0 aliphatic carbocycles. The Kier molecular flexibility index (Phi) is 9.21. The van der Waals surface area contributed by atoms with Gasteiger partial charge in [0.1, 0.15) is 0 Å². The van der Waals surface area contributed by atoms with Crippen LogP contribution in [0.1, 0.15) is 31.9 Å². The van der Waals surface area contributed by atoms with Crippen LogP contribution >= 0.6 is 12.4 Å². The first-order chi connectivity index (χ1) is 9.08. The Morgan fingerprint density at radius 1 is 1.25 bits per heavy atom. The molecule has 0 saturated carbocycles. The largest absolute Gasteiger partial charge is 0.351 e. The molecule has 0 aliphatic rings. The topological polar surface area (TPSA) is 58.4 Å². The Morgan fingerprint density at radius 3 is 2.30 bits per heavy atom. The molecule has 1 aromatic rings. The first-order valence-corrected chi connectivity index (χ1v) is 6.90. The highest BCUT2D eigenvalue weighted by atomic mass is 35.5. The van der Waals surface area contributed by atoms with E-state index in [0.29, 0.717) is 6.54 Å². The minimum Gasteiger partial charge on any atom is -0.351 e. The van der Waals surface area contributed by atoms with Gasteiger partial charge in [-0.15, -0.1) is 12.4 Å². The van der Waals surface area contributed by atoms with Crippen LogP contribution < -0.4 is 11.1 Å². The van der Waals surface area contributed by atoms with E-state index in [1.165, 1.54) is 5.56 Å². The zero-order valence-corrected chi connectivity index (χ0v) is 13.4. The van der Waals surface area contributed by atoms with Gasteiger partial charge in [0.25, 0.3) is 0 Å². The molecule has 0 aliphatic heterocycles. The molecule has 0 bridgehead atoms. The highest BCUT2D eigenvalue weighted by molar-refractivity contribution is 5.85.